The molecule has 5 rings (SSSR count). The fourth-order valence-corrected chi connectivity index (χ4v) is 4.07. The molecule has 0 saturated heterocycles. The molecule has 0 amide bonds. The van der Waals surface area contributed by atoms with Crippen LogP contribution in [0, 0.1) is 0 Å². The van der Waals surface area contributed by atoms with E-state index in [9.17, 15) is 9.59 Å². The van der Waals surface area contributed by atoms with Gasteiger partial charge in [-0.25, -0.2) is 4.98 Å². The maximum Gasteiger partial charge on any atom is 0.274 e. The van der Waals surface area contributed by atoms with Crippen LogP contribution >= 0.6 is 0 Å². The Morgan fingerprint density at radius 3 is 2.71 bits per heavy atom. The lowest BCUT2D eigenvalue weighted by Crippen LogP contribution is -2.24. The number of imidazole rings is 1. The number of pyridine rings is 3. The van der Waals surface area contributed by atoms with E-state index in [4.69, 9.17) is 4.74 Å². The number of carbonyl (C=O) groups is 1. The van der Waals surface area contributed by atoms with Crippen molar-refractivity contribution >= 4 is 28.6 Å². The van der Waals surface area contributed by atoms with E-state index in [0.717, 1.165) is 12.8 Å². The van der Waals surface area contributed by atoms with Crippen LogP contribution in [0.4, 0.5) is 11.6 Å². The second kappa shape index (κ2) is 8.98. The van der Waals surface area contributed by atoms with E-state index in [1.54, 1.807) is 33.5 Å². The minimum atomic E-state index is -0.0764. The number of anilines is 2. The van der Waals surface area contributed by atoms with E-state index in [-0.39, 0.29) is 23.8 Å². The summed E-state index contributed by atoms with van der Waals surface area (Å²) < 4.78 is 9.50. The smallest absolute Gasteiger partial charge is 0.274 e. The summed E-state index contributed by atoms with van der Waals surface area (Å²) in [4.78, 5) is 38.0. The lowest BCUT2D eigenvalue weighted by molar-refractivity contribution is -0.116. The zero-order valence-corrected chi connectivity index (χ0v) is 20.3. The number of fused-ring (bicyclic) bond motifs is 1. The van der Waals surface area contributed by atoms with Crippen molar-refractivity contribution in [2.24, 2.45) is 7.05 Å². The van der Waals surface area contributed by atoms with Gasteiger partial charge in [0.25, 0.3) is 5.56 Å². The first-order chi connectivity index (χ1) is 16.8. The van der Waals surface area contributed by atoms with Crippen LogP contribution in [0.25, 0.3) is 11.2 Å². The third-order valence-electron chi connectivity index (χ3n) is 6.05. The molecule has 4 aromatic heterocycles. The number of Topliss-reactive ketones (excluding diaryl/α,β-unsaturated/α-hetero) is 1. The zero-order chi connectivity index (χ0) is 24.7. The van der Waals surface area contributed by atoms with Crippen LogP contribution in [0.3, 0.4) is 0 Å². The predicted octanol–water partition coefficient (Wildman–Crippen LogP) is 4.65. The maximum atomic E-state index is 13.1. The zero-order valence-electron chi connectivity index (χ0n) is 20.3. The predicted molar refractivity (Wildman–Crippen MR) is 134 cm³/mol. The van der Waals surface area contributed by atoms with Crippen molar-refractivity contribution in [3.05, 3.63) is 64.3 Å². The molecule has 1 saturated carbocycles. The fourth-order valence-electron chi connectivity index (χ4n) is 4.07. The minimum Gasteiger partial charge on any atom is -0.439 e. The van der Waals surface area contributed by atoms with Crippen LogP contribution in [-0.4, -0.2) is 29.9 Å². The van der Waals surface area contributed by atoms with Gasteiger partial charge in [-0.3, -0.25) is 19.1 Å². The van der Waals surface area contributed by atoms with Crippen LogP contribution in [-0.2, 0) is 18.3 Å². The Balaban J connectivity index is 1.44. The topological polar surface area (TPSA) is 104 Å². The monoisotopic (exact) mass is 472 g/mol. The Bertz CT molecular complexity index is 1480. The van der Waals surface area contributed by atoms with Gasteiger partial charge in [-0.1, -0.05) is 0 Å². The molecule has 0 unspecified atom stereocenters. The van der Waals surface area contributed by atoms with Crippen LogP contribution in [0.5, 0.6) is 11.6 Å². The Morgan fingerprint density at radius 2 is 2.00 bits per heavy atom. The quantitative estimate of drug-likeness (QED) is 0.398. The number of ether oxygens (including phenoxy) is 1. The van der Waals surface area contributed by atoms with E-state index in [1.165, 1.54) is 12.5 Å². The summed E-state index contributed by atoms with van der Waals surface area (Å²) in [5, 5.41) is 3.24. The van der Waals surface area contributed by atoms with Crippen LogP contribution in [0.15, 0.2) is 47.5 Å². The van der Waals surface area contributed by atoms with Crippen molar-refractivity contribution in [2.75, 3.05) is 5.32 Å². The fraction of sp³-hybridized carbons (Fsp3) is 0.346. The second-order valence-corrected chi connectivity index (χ2v) is 9.34. The van der Waals surface area contributed by atoms with Crippen molar-refractivity contribution in [3.8, 4) is 11.6 Å². The lowest BCUT2D eigenvalue weighted by atomic mass is 10.1. The van der Waals surface area contributed by atoms with E-state index >= 15 is 0 Å². The largest absolute Gasteiger partial charge is 0.439 e. The third-order valence-corrected chi connectivity index (χ3v) is 6.05. The molecule has 1 fully saturated rings. The normalized spacial score (nSPS) is 13.4. The maximum absolute atomic E-state index is 13.1. The molecule has 1 aliphatic rings. The highest BCUT2D eigenvalue weighted by Crippen LogP contribution is 2.40. The van der Waals surface area contributed by atoms with Crippen molar-refractivity contribution < 1.29 is 9.53 Å². The number of ketones is 1. The summed E-state index contributed by atoms with van der Waals surface area (Å²) in [7, 11) is 1.84. The molecule has 9 nitrogen and oxygen atoms in total. The van der Waals surface area contributed by atoms with E-state index in [0.29, 0.717) is 46.0 Å². The SMILES string of the molecule is CC(=O)Cc1cc(Oc2ccc3nc(Nc4cc(C5CC5)cn(C(C)C)c4=O)n(C)c3n2)ccn1. The average molecular weight is 473 g/mol. The Kier molecular flexibility index (Phi) is 5.84. The van der Waals surface area contributed by atoms with Gasteiger partial charge in [0.05, 0.1) is 5.69 Å². The summed E-state index contributed by atoms with van der Waals surface area (Å²) in [6.45, 7) is 5.54. The number of aryl methyl sites for hydroxylation is 1. The first kappa shape index (κ1) is 22.8. The van der Waals surface area contributed by atoms with Gasteiger partial charge in [-0.15, -0.1) is 0 Å². The van der Waals surface area contributed by atoms with Gasteiger partial charge in [0.1, 0.15) is 22.7 Å². The molecule has 4 heterocycles. The number of hydrogen-bond acceptors (Lipinski definition) is 7. The Morgan fingerprint density at radius 1 is 1.20 bits per heavy atom. The first-order valence-electron chi connectivity index (χ1n) is 11.8. The summed E-state index contributed by atoms with van der Waals surface area (Å²) in [6.07, 6.45) is 6.15. The molecule has 180 valence electrons. The molecule has 0 atom stereocenters. The molecule has 0 radical (unpaired) electrons. The van der Waals surface area contributed by atoms with E-state index in [1.807, 2.05) is 39.2 Å². The molecule has 35 heavy (non-hydrogen) atoms. The van der Waals surface area contributed by atoms with Gasteiger partial charge in [0, 0.05) is 44.0 Å². The second-order valence-electron chi connectivity index (χ2n) is 9.34. The molecule has 0 aliphatic heterocycles. The van der Waals surface area contributed by atoms with Crippen molar-refractivity contribution in [1.82, 2.24) is 24.1 Å². The Hall–Kier alpha value is -4.01. The van der Waals surface area contributed by atoms with Gasteiger partial charge in [-0.05, 0) is 63.3 Å². The molecule has 0 aromatic carbocycles. The van der Waals surface area contributed by atoms with E-state index < -0.39 is 0 Å². The highest BCUT2D eigenvalue weighted by molar-refractivity contribution is 5.78. The summed E-state index contributed by atoms with van der Waals surface area (Å²) in [5.41, 5.74) is 3.54. The molecule has 0 bridgehead atoms. The van der Waals surface area contributed by atoms with Crippen LogP contribution < -0.4 is 15.6 Å². The number of hydrogen-bond donors (Lipinski definition) is 1. The Labute approximate surface area is 202 Å². The standard InChI is InChI=1S/C26H28N6O3/c1-15(2)32-14-18(17-5-6-17)12-22(25(32)34)29-26-28-21-7-8-23(30-24(21)31(26)4)35-20-9-10-27-19(13-20)11-16(3)33/h7-10,12-15,17H,5-6,11H2,1-4H3,(H,28,29). The number of aromatic nitrogens is 5. The third kappa shape index (κ3) is 4.80. The van der Waals surface area contributed by atoms with Crippen LogP contribution in [0.1, 0.15) is 56.8 Å². The van der Waals surface area contributed by atoms with Crippen molar-refractivity contribution in [3.63, 3.8) is 0 Å². The number of rotatable bonds is 8. The molecule has 0 spiro atoms. The van der Waals surface area contributed by atoms with Gasteiger partial charge >= 0.3 is 0 Å². The summed E-state index contributed by atoms with van der Waals surface area (Å²) in [5.74, 6) is 2.02. The minimum absolute atomic E-state index is 0.0342. The molecule has 4 aromatic rings. The highest BCUT2D eigenvalue weighted by Gasteiger charge is 2.26. The molecular weight excluding hydrogens is 444 g/mol. The summed E-state index contributed by atoms with van der Waals surface area (Å²) in [6, 6.07) is 9.03. The van der Waals surface area contributed by atoms with Crippen LogP contribution in [0.2, 0.25) is 0 Å². The van der Waals surface area contributed by atoms with Crippen molar-refractivity contribution in [1.29, 1.82) is 0 Å². The number of nitrogens with zero attached hydrogens (tertiary/aromatic N) is 5. The molecule has 9 heteroatoms. The average Bonchev–Trinajstić information content (AvgIpc) is 3.61. The van der Waals surface area contributed by atoms with Gasteiger partial charge in [0.2, 0.25) is 11.8 Å². The summed E-state index contributed by atoms with van der Waals surface area (Å²) >= 11 is 0. The highest BCUT2D eigenvalue weighted by atomic mass is 16.5. The molecule has 1 aliphatic carbocycles. The first-order valence-corrected chi connectivity index (χ1v) is 11.8. The van der Waals surface area contributed by atoms with E-state index in [2.05, 4.69) is 20.3 Å². The van der Waals surface area contributed by atoms with Crippen molar-refractivity contribution in [2.45, 2.75) is 52.0 Å². The molecular formula is C26H28N6O3. The van der Waals surface area contributed by atoms with Gasteiger partial charge < -0.3 is 14.6 Å². The van der Waals surface area contributed by atoms with Gasteiger partial charge in [0.15, 0.2) is 5.65 Å². The van der Waals surface area contributed by atoms with Gasteiger partial charge in [-0.2, -0.15) is 4.98 Å². The number of nitrogens with one attached hydrogen (secondary N) is 1. The lowest BCUT2D eigenvalue weighted by Gasteiger charge is -2.15. The molecule has 1 N–H and O–H groups in total. The number of carbonyl (C=O) groups excluding carboxylic acids is 1.